The van der Waals surface area contributed by atoms with Crippen LogP contribution in [0.25, 0.3) is 22.2 Å². The number of benzene rings is 2. The van der Waals surface area contributed by atoms with Gasteiger partial charge in [-0.15, -0.1) is 0 Å². The number of nitrogens with two attached hydrogens (primary N) is 1. The minimum atomic E-state index is -0.256. The number of para-hydroxylation sites is 2. The highest BCUT2D eigenvalue weighted by molar-refractivity contribution is 6.10. The molecule has 0 radical (unpaired) electrons. The highest BCUT2D eigenvalue weighted by Gasteiger charge is 2.24. The zero-order valence-electron chi connectivity index (χ0n) is 19.3. The predicted octanol–water partition coefficient (Wildman–Crippen LogP) is 4.98. The summed E-state index contributed by atoms with van der Waals surface area (Å²) in [6, 6.07) is 15.6. The normalized spacial score (nSPS) is 14.1. The Labute approximate surface area is 198 Å². The Kier molecular flexibility index (Phi) is 6.08. The molecule has 7 heteroatoms. The van der Waals surface area contributed by atoms with Crippen LogP contribution < -0.4 is 11.1 Å². The predicted molar refractivity (Wildman–Crippen MR) is 137 cm³/mol. The second-order valence-electron chi connectivity index (χ2n) is 8.73. The molecular weight excluding hydrogens is 424 g/mol. The molecule has 1 aliphatic rings. The van der Waals surface area contributed by atoms with Crippen LogP contribution in [0.5, 0.6) is 0 Å². The van der Waals surface area contributed by atoms with Crippen molar-refractivity contribution in [2.45, 2.75) is 39.0 Å². The van der Waals surface area contributed by atoms with Crippen LogP contribution >= 0.6 is 0 Å². The number of nitrogens with zero attached hydrogens (tertiary/aromatic N) is 4. The number of aromatic nitrogens is 3. The van der Waals surface area contributed by atoms with Gasteiger partial charge in [0.15, 0.2) is 5.65 Å². The van der Waals surface area contributed by atoms with E-state index >= 15 is 0 Å². The topological polar surface area (TPSA) is 98.2 Å². The number of carbonyl (C=O) groups excluding carboxylic acids is 1. The third kappa shape index (κ3) is 4.41. The van der Waals surface area contributed by atoms with Gasteiger partial charge in [0.25, 0.3) is 5.91 Å². The van der Waals surface area contributed by atoms with Gasteiger partial charge in [0.2, 0.25) is 0 Å². The van der Waals surface area contributed by atoms with Crippen molar-refractivity contribution in [3.05, 3.63) is 76.9 Å². The molecule has 2 aromatic heterocycles. The van der Waals surface area contributed by atoms with E-state index in [9.17, 15) is 4.79 Å². The average molecular weight is 453 g/mol. The molecule has 0 saturated carbocycles. The molecule has 0 aliphatic heterocycles. The molecule has 3 N–H and O–H groups in total. The van der Waals surface area contributed by atoms with E-state index in [0.717, 1.165) is 35.9 Å². The second-order valence-corrected chi connectivity index (χ2v) is 8.73. The molecule has 7 nitrogen and oxygen atoms in total. The molecule has 5 rings (SSSR count). The van der Waals surface area contributed by atoms with Crippen LogP contribution in [0.1, 0.15) is 53.6 Å². The van der Waals surface area contributed by atoms with E-state index in [-0.39, 0.29) is 11.7 Å². The lowest BCUT2D eigenvalue weighted by molar-refractivity contribution is 0.0956. The van der Waals surface area contributed by atoms with E-state index in [0.29, 0.717) is 28.8 Å². The number of nitrogens with one attached hydrogen (secondary N) is 1. The minimum Gasteiger partial charge on any atom is -0.383 e. The lowest BCUT2D eigenvalue weighted by Gasteiger charge is -2.12. The molecule has 1 amide bonds. The number of rotatable bonds is 6. The van der Waals surface area contributed by atoms with Crippen LogP contribution in [0.3, 0.4) is 0 Å². The molecule has 34 heavy (non-hydrogen) atoms. The van der Waals surface area contributed by atoms with Gasteiger partial charge >= 0.3 is 0 Å². The van der Waals surface area contributed by atoms with E-state index in [4.69, 9.17) is 15.7 Å². The van der Waals surface area contributed by atoms with Crippen LogP contribution in [0.2, 0.25) is 0 Å². The van der Waals surface area contributed by atoms with Gasteiger partial charge in [-0.2, -0.15) is 9.78 Å². The third-order valence-corrected chi connectivity index (χ3v) is 6.18. The zero-order valence-corrected chi connectivity index (χ0v) is 19.3. The van der Waals surface area contributed by atoms with E-state index in [2.05, 4.69) is 16.5 Å². The Morgan fingerprint density at radius 2 is 1.97 bits per heavy atom. The maximum Gasteiger partial charge on any atom is 0.257 e. The quantitative estimate of drug-likeness (QED) is 0.318. The number of nitrogen functional groups attached to an aromatic ring is 1. The van der Waals surface area contributed by atoms with Gasteiger partial charge < -0.3 is 11.1 Å². The van der Waals surface area contributed by atoms with Crippen LogP contribution in [-0.2, 0) is 0 Å². The Morgan fingerprint density at radius 1 is 1.15 bits per heavy atom. The Hall–Kier alpha value is -4.00. The average Bonchev–Trinajstić information content (AvgIpc) is 3.12. The zero-order chi connectivity index (χ0) is 23.5. The maximum atomic E-state index is 13.2. The second kappa shape index (κ2) is 9.47. The highest BCUT2D eigenvalue weighted by atomic mass is 16.1. The fraction of sp³-hybridized carbons (Fsp3) is 0.259. The first-order valence-electron chi connectivity index (χ1n) is 11.7. The van der Waals surface area contributed by atoms with Gasteiger partial charge in [-0.25, -0.2) is 9.97 Å². The first-order chi connectivity index (χ1) is 16.6. The summed E-state index contributed by atoms with van der Waals surface area (Å²) in [7, 11) is 0. The van der Waals surface area contributed by atoms with Crippen molar-refractivity contribution >= 4 is 40.1 Å². The summed E-state index contributed by atoms with van der Waals surface area (Å²) in [5.74, 6) is -0.0309. The monoisotopic (exact) mass is 452 g/mol. The van der Waals surface area contributed by atoms with Crippen molar-refractivity contribution in [1.29, 1.82) is 0 Å². The summed E-state index contributed by atoms with van der Waals surface area (Å²) in [6.45, 7) is 2.59. The number of amides is 1. The molecule has 0 unspecified atom stereocenters. The molecule has 0 saturated heterocycles. The van der Waals surface area contributed by atoms with Crippen LogP contribution in [0.4, 0.5) is 5.82 Å². The van der Waals surface area contributed by atoms with Gasteiger partial charge in [-0.1, -0.05) is 53.6 Å². The molecule has 172 valence electrons. The number of carbonyl (C=O) groups is 1. The molecule has 1 aliphatic carbocycles. The van der Waals surface area contributed by atoms with Gasteiger partial charge in [-0.3, -0.25) is 4.79 Å². The van der Waals surface area contributed by atoms with E-state index < -0.39 is 0 Å². The summed E-state index contributed by atoms with van der Waals surface area (Å²) in [6.07, 6.45) is 9.59. The molecule has 0 bridgehead atoms. The fourth-order valence-electron chi connectivity index (χ4n) is 4.42. The summed E-state index contributed by atoms with van der Waals surface area (Å²) in [4.78, 5) is 22.7. The molecule has 0 fully saturated rings. The summed E-state index contributed by atoms with van der Waals surface area (Å²) in [5.41, 5.74) is 12.6. The van der Waals surface area contributed by atoms with Crippen molar-refractivity contribution in [2.75, 3.05) is 12.3 Å². The molecule has 2 aromatic carbocycles. The number of fused-ring (bicyclic) bond motifs is 2. The maximum absolute atomic E-state index is 13.2. The van der Waals surface area contributed by atoms with E-state index in [1.165, 1.54) is 23.1 Å². The molecule has 2 heterocycles. The van der Waals surface area contributed by atoms with Crippen molar-refractivity contribution in [3.63, 3.8) is 0 Å². The fourth-order valence-corrected chi connectivity index (χ4v) is 4.42. The third-order valence-electron chi connectivity index (χ3n) is 6.18. The van der Waals surface area contributed by atoms with Gasteiger partial charge in [-0.05, 0) is 56.7 Å². The van der Waals surface area contributed by atoms with Crippen LogP contribution in [0, 0.1) is 6.92 Å². The molecular formula is C27H28N6O. The number of allylic oxidation sites excluding steroid dienone is 1. The first-order valence-corrected chi connectivity index (χ1v) is 11.7. The number of anilines is 1. The molecule has 0 atom stereocenters. The summed E-state index contributed by atoms with van der Waals surface area (Å²) >= 11 is 0. The van der Waals surface area contributed by atoms with Crippen molar-refractivity contribution in [3.8, 4) is 0 Å². The Morgan fingerprint density at radius 3 is 2.74 bits per heavy atom. The smallest absolute Gasteiger partial charge is 0.257 e. The van der Waals surface area contributed by atoms with Crippen LogP contribution in [-0.4, -0.2) is 33.3 Å². The van der Waals surface area contributed by atoms with Crippen molar-refractivity contribution in [2.24, 2.45) is 5.10 Å². The lowest BCUT2D eigenvalue weighted by Crippen LogP contribution is -2.25. The molecule has 0 spiro atoms. The number of hydrogen-bond acceptors (Lipinski definition) is 5. The Balaban J connectivity index is 1.52. The summed E-state index contributed by atoms with van der Waals surface area (Å²) in [5, 5.41) is 7.61. The summed E-state index contributed by atoms with van der Waals surface area (Å²) < 4.78 is 1.51. The van der Waals surface area contributed by atoms with E-state index in [1.54, 1.807) is 6.21 Å². The van der Waals surface area contributed by atoms with Gasteiger partial charge in [0.1, 0.15) is 16.9 Å². The Bertz CT molecular complexity index is 1430. The van der Waals surface area contributed by atoms with Gasteiger partial charge in [0, 0.05) is 6.54 Å². The SMILES string of the molecule is Cc1cccc(/C=N\n2c(N)c(C(=O)NCCC3=CCCCC3)c3nc4ccccc4nc32)c1. The largest absolute Gasteiger partial charge is 0.383 e. The number of hydrogen-bond donors (Lipinski definition) is 2. The van der Waals surface area contributed by atoms with Gasteiger partial charge in [0.05, 0.1) is 17.2 Å². The number of aryl methyl sites for hydroxylation is 1. The standard InChI is InChI=1S/C27H28N6O/c1-18-8-7-11-20(16-18)17-30-33-25(28)23(27(34)29-15-14-19-9-3-2-4-10-19)24-26(33)32-22-13-6-5-12-21(22)31-24/h5-9,11-13,16-17H,2-4,10,14-15,28H2,1H3,(H,29,34)/b30-17-. The highest BCUT2D eigenvalue weighted by Crippen LogP contribution is 2.28. The first kappa shape index (κ1) is 21.8. The van der Waals surface area contributed by atoms with Crippen LogP contribution in [0.15, 0.2) is 65.3 Å². The van der Waals surface area contributed by atoms with Crippen molar-refractivity contribution in [1.82, 2.24) is 20.0 Å². The minimum absolute atomic E-state index is 0.226. The molecule has 4 aromatic rings. The van der Waals surface area contributed by atoms with E-state index in [1.807, 2.05) is 55.5 Å². The van der Waals surface area contributed by atoms with Crippen molar-refractivity contribution < 1.29 is 4.79 Å². The lowest BCUT2D eigenvalue weighted by atomic mass is 9.97.